The van der Waals surface area contributed by atoms with Crippen molar-refractivity contribution in [2.24, 2.45) is 0 Å². The number of fused-ring (bicyclic) bond motifs is 1. The summed E-state index contributed by atoms with van der Waals surface area (Å²) in [6.07, 6.45) is -9.80. The van der Waals surface area contributed by atoms with Crippen molar-refractivity contribution in [3.8, 4) is 16.9 Å². The normalized spacial score (nSPS) is 12.6. The van der Waals surface area contributed by atoms with Gasteiger partial charge in [0.2, 0.25) is 0 Å². The molecule has 0 aliphatic heterocycles. The van der Waals surface area contributed by atoms with Crippen LogP contribution >= 0.6 is 0 Å². The lowest BCUT2D eigenvalue weighted by atomic mass is 9.97. The lowest BCUT2D eigenvalue weighted by Gasteiger charge is -2.14. The largest absolute Gasteiger partial charge is 0.508 e. The van der Waals surface area contributed by atoms with Gasteiger partial charge in [0.15, 0.2) is 0 Å². The van der Waals surface area contributed by atoms with Gasteiger partial charge >= 0.3 is 12.4 Å². The topological polar surface area (TPSA) is 20.2 Å². The molecule has 0 fully saturated rings. The molecule has 0 heterocycles. The van der Waals surface area contributed by atoms with Gasteiger partial charge in [-0.05, 0) is 58.3 Å². The van der Waals surface area contributed by atoms with Crippen LogP contribution in [0.15, 0.2) is 54.6 Å². The first kappa shape index (κ1) is 17.1. The van der Waals surface area contributed by atoms with Crippen molar-refractivity contribution < 1.29 is 31.4 Å². The van der Waals surface area contributed by atoms with E-state index >= 15 is 0 Å². The summed E-state index contributed by atoms with van der Waals surface area (Å²) in [5, 5.41) is 10.7. The fraction of sp³-hybridized carbons (Fsp3) is 0.111. The van der Waals surface area contributed by atoms with E-state index in [1.165, 1.54) is 24.3 Å². The number of aromatic hydroxyl groups is 1. The lowest BCUT2D eigenvalue weighted by molar-refractivity contribution is -0.143. The summed E-state index contributed by atoms with van der Waals surface area (Å²) in [5.41, 5.74) is -2.75. The van der Waals surface area contributed by atoms with Gasteiger partial charge < -0.3 is 5.11 Å². The summed E-state index contributed by atoms with van der Waals surface area (Å²) in [4.78, 5) is 0. The smallest absolute Gasteiger partial charge is 0.416 e. The van der Waals surface area contributed by atoms with E-state index in [2.05, 4.69) is 0 Å². The molecule has 1 N–H and O–H groups in total. The van der Waals surface area contributed by atoms with Gasteiger partial charge in [-0.15, -0.1) is 0 Å². The van der Waals surface area contributed by atoms with E-state index < -0.39 is 23.5 Å². The quantitative estimate of drug-likeness (QED) is 0.511. The zero-order valence-electron chi connectivity index (χ0n) is 12.4. The van der Waals surface area contributed by atoms with Gasteiger partial charge in [0, 0.05) is 0 Å². The highest BCUT2D eigenvalue weighted by atomic mass is 19.4. The van der Waals surface area contributed by atoms with Gasteiger partial charge in [-0.1, -0.05) is 18.2 Å². The number of hydrogen-bond acceptors (Lipinski definition) is 1. The Hall–Kier alpha value is -2.70. The van der Waals surface area contributed by atoms with Gasteiger partial charge in [-0.3, -0.25) is 0 Å². The van der Waals surface area contributed by atoms with Crippen molar-refractivity contribution >= 4 is 10.8 Å². The molecule has 3 rings (SSSR count). The van der Waals surface area contributed by atoms with Gasteiger partial charge in [-0.2, -0.15) is 26.3 Å². The molecule has 0 unspecified atom stereocenters. The Balaban J connectivity index is 2.22. The van der Waals surface area contributed by atoms with Gasteiger partial charge in [-0.25, -0.2) is 0 Å². The second-order valence-corrected chi connectivity index (χ2v) is 5.54. The summed E-state index contributed by atoms with van der Waals surface area (Å²) in [7, 11) is 0. The molecule has 0 aliphatic carbocycles. The highest BCUT2D eigenvalue weighted by molar-refractivity contribution is 5.88. The average molecular weight is 356 g/mol. The summed E-state index contributed by atoms with van der Waals surface area (Å²) in [5.74, 6) is -0.0512. The van der Waals surface area contributed by atoms with Crippen LogP contribution in [0.2, 0.25) is 0 Å². The molecule has 0 radical (unpaired) electrons. The minimum atomic E-state index is -4.90. The van der Waals surface area contributed by atoms with Crippen LogP contribution in [0.25, 0.3) is 21.9 Å². The van der Waals surface area contributed by atoms with Gasteiger partial charge in [0.05, 0.1) is 11.1 Å². The van der Waals surface area contributed by atoms with Crippen molar-refractivity contribution in [3.05, 3.63) is 65.7 Å². The van der Waals surface area contributed by atoms with Crippen LogP contribution in [0.3, 0.4) is 0 Å². The van der Waals surface area contributed by atoms with E-state index in [0.29, 0.717) is 22.9 Å². The first-order valence-corrected chi connectivity index (χ1v) is 7.07. The molecule has 0 atom stereocenters. The van der Waals surface area contributed by atoms with Crippen LogP contribution in [0.1, 0.15) is 11.1 Å². The summed E-state index contributed by atoms with van der Waals surface area (Å²) >= 11 is 0. The predicted molar refractivity (Wildman–Crippen MR) is 81.1 cm³/mol. The first-order chi connectivity index (χ1) is 11.5. The van der Waals surface area contributed by atoms with Crippen LogP contribution in [0, 0.1) is 0 Å². The number of phenols is 1. The Kier molecular flexibility index (Phi) is 3.89. The number of alkyl halides is 6. The molecule has 7 heteroatoms. The molecular weight excluding hydrogens is 346 g/mol. The Morgan fingerprint density at radius 2 is 1.12 bits per heavy atom. The molecule has 130 valence electrons. The van der Waals surface area contributed by atoms with Crippen molar-refractivity contribution in [1.29, 1.82) is 0 Å². The third kappa shape index (κ3) is 3.55. The zero-order chi connectivity index (χ0) is 18.4. The van der Waals surface area contributed by atoms with Crippen LogP contribution < -0.4 is 0 Å². The SMILES string of the molecule is Oc1ccc2ccc(-c3cc(C(F)(F)F)cc(C(F)(F)F)c3)cc2c1. The second-order valence-electron chi connectivity index (χ2n) is 5.54. The molecule has 0 spiro atoms. The Labute approximate surface area is 138 Å². The monoisotopic (exact) mass is 356 g/mol. The minimum absolute atomic E-state index is 0.0512. The standard InChI is InChI=1S/C18H10F6O/c19-17(20,21)14-6-13(7-15(9-14)18(22,23)24)11-2-1-10-3-4-16(25)8-12(10)5-11/h1-9,25H. The Morgan fingerprint density at radius 3 is 1.68 bits per heavy atom. The first-order valence-electron chi connectivity index (χ1n) is 7.07. The fourth-order valence-electron chi connectivity index (χ4n) is 2.54. The van der Waals surface area contributed by atoms with E-state index in [9.17, 15) is 31.4 Å². The molecule has 0 saturated heterocycles. The second kappa shape index (κ2) is 5.68. The van der Waals surface area contributed by atoms with E-state index in [1.807, 2.05) is 0 Å². The van der Waals surface area contributed by atoms with Gasteiger partial charge in [0.25, 0.3) is 0 Å². The molecule has 0 aliphatic rings. The maximum atomic E-state index is 13.0. The Morgan fingerprint density at radius 1 is 0.560 bits per heavy atom. The van der Waals surface area contributed by atoms with Crippen molar-refractivity contribution in [1.82, 2.24) is 0 Å². The molecule has 0 amide bonds. The third-order valence-electron chi connectivity index (χ3n) is 3.74. The number of benzene rings is 3. The maximum Gasteiger partial charge on any atom is 0.416 e. The zero-order valence-corrected chi connectivity index (χ0v) is 12.4. The minimum Gasteiger partial charge on any atom is -0.508 e. The average Bonchev–Trinajstić information content (AvgIpc) is 2.52. The number of hydrogen-bond donors (Lipinski definition) is 1. The van der Waals surface area contributed by atoms with Crippen LogP contribution in [0.4, 0.5) is 26.3 Å². The lowest BCUT2D eigenvalue weighted by Crippen LogP contribution is -2.11. The molecule has 0 aromatic heterocycles. The summed E-state index contributed by atoms with van der Waals surface area (Å²) in [6.45, 7) is 0. The molecule has 3 aromatic rings. The van der Waals surface area contributed by atoms with E-state index in [0.717, 1.165) is 0 Å². The molecule has 3 aromatic carbocycles. The summed E-state index contributed by atoms with van der Waals surface area (Å²) in [6, 6.07) is 10.3. The maximum absolute atomic E-state index is 13.0. The third-order valence-corrected chi connectivity index (χ3v) is 3.74. The highest BCUT2D eigenvalue weighted by Crippen LogP contribution is 2.39. The van der Waals surface area contributed by atoms with E-state index in [1.54, 1.807) is 12.1 Å². The Bertz CT molecular complexity index is 908. The van der Waals surface area contributed by atoms with E-state index in [-0.39, 0.29) is 22.9 Å². The number of rotatable bonds is 1. The number of halogens is 6. The predicted octanol–water partition coefficient (Wildman–Crippen LogP) is 6.25. The van der Waals surface area contributed by atoms with Crippen LogP contribution in [0.5, 0.6) is 5.75 Å². The molecule has 0 bridgehead atoms. The van der Waals surface area contributed by atoms with Crippen LogP contribution in [-0.2, 0) is 12.4 Å². The molecule has 1 nitrogen and oxygen atoms in total. The van der Waals surface area contributed by atoms with E-state index in [4.69, 9.17) is 0 Å². The van der Waals surface area contributed by atoms with Crippen molar-refractivity contribution in [2.45, 2.75) is 12.4 Å². The van der Waals surface area contributed by atoms with Crippen molar-refractivity contribution in [3.63, 3.8) is 0 Å². The summed E-state index contributed by atoms with van der Waals surface area (Å²) < 4.78 is 77.7. The number of phenolic OH excluding ortho intramolecular Hbond substituents is 1. The molecule has 0 saturated carbocycles. The van der Waals surface area contributed by atoms with Crippen molar-refractivity contribution in [2.75, 3.05) is 0 Å². The molecular formula is C18H10F6O. The highest BCUT2D eigenvalue weighted by Gasteiger charge is 2.37. The molecule has 25 heavy (non-hydrogen) atoms. The van der Waals surface area contributed by atoms with Crippen LogP contribution in [-0.4, -0.2) is 5.11 Å². The fourth-order valence-corrected chi connectivity index (χ4v) is 2.54. The van der Waals surface area contributed by atoms with Gasteiger partial charge in [0.1, 0.15) is 5.75 Å².